The lowest BCUT2D eigenvalue weighted by Gasteiger charge is -2.05. The molecule has 34 heavy (non-hydrogen) atoms. The summed E-state index contributed by atoms with van der Waals surface area (Å²) >= 11 is 1.51. The van der Waals surface area contributed by atoms with Crippen molar-refractivity contribution in [2.75, 3.05) is 13.7 Å². The number of aromatic hydroxyl groups is 1. The molecule has 1 aromatic heterocycles. The molecule has 3 aromatic carbocycles. The number of ether oxygens (including phenoxy) is 2. The molecule has 0 bridgehead atoms. The third kappa shape index (κ3) is 5.72. The Morgan fingerprint density at radius 1 is 1.15 bits per heavy atom. The van der Waals surface area contributed by atoms with Gasteiger partial charge in [0, 0.05) is 28.9 Å². The summed E-state index contributed by atoms with van der Waals surface area (Å²) in [5, 5.41) is 14.0. The zero-order valence-electron chi connectivity index (χ0n) is 18.6. The number of H-pyrrole nitrogens is 1. The van der Waals surface area contributed by atoms with Gasteiger partial charge in [0.2, 0.25) is 5.88 Å². The summed E-state index contributed by atoms with van der Waals surface area (Å²) in [6, 6.07) is 21.2. The Morgan fingerprint density at radius 3 is 2.74 bits per heavy atom. The van der Waals surface area contributed by atoms with Gasteiger partial charge in [-0.15, -0.1) is 0 Å². The number of nitrogens with one attached hydrogen (secondary N) is 2. The summed E-state index contributed by atoms with van der Waals surface area (Å²) in [7, 11) is 1.53. The number of benzene rings is 3. The van der Waals surface area contributed by atoms with E-state index >= 15 is 0 Å². The number of aromatic amines is 1. The molecule has 1 amide bonds. The topological polar surface area (TPSA) is 110 Å². The van der Waals surface area contributed by atoms with Crippen molar-refractivity contribution in [1.29, 1.82) is 0 Å². The van der Waals surface area contributed by atoms with Crippen molar-refractivity contribution in [2.45, 2.75) is 16.3 Å². The van der Waals surface area contributed by atoms with Crippen LogP contribution in [0.5, 0.6) is 17.4 Å². The van der Waals surface area contributed by atoms with Gasteiger partial charge in [-0.2, -0.15) is 0 Å². The van der Waals surface area contributed by atoms with Crippen LogP contribution in [-0.2, 0) is 6.54 Å². The van der Waals surface area contributed by atoms with Crippen molar-refractivity contribution in [3.05, 3.63) is 83.9 Å². The SMILES string of the molecule is COc1cc(C=CCNCc2ccc3c(Sc4ccccc4)c(OC(N)=O)[nH]c3c2)ccc1O. The summed E-state index contributed by atoms with van der Waals surface area (Å²) in [4.78, 5) is 16.4. The summed E-state index contributed by atoms with van der Waals surface area (Å²) in [5.41, 5.74) is 8.15. The summed E-state index contributed by atoms with van der Waals surface area (Å²) < 4.78 is 10.4. The molecule has 0 spiro atoms. The van der Waals surface area contributed by atoms with Gasteiger partial charge in [0.1, 0.15) is 0 Å². The average molecular weight is 476 g/mol. The summed E-state index contributed by atoms with van der Waals surface area (Å²) in [5.74, 6) is 0.903. The van der Waals surface area contributed by atoms with Crippen LogP contribution in [0.3, 0.4) is 0 Å². The predicted octanol–water partition coefficient (Wildman–Crippen LogP) is 5.29. The van der Waals surface area contributed by atoms with E-state index in [0.717, 1.165) is 31.8 Å². The van der Waals surface area contributed by atoms with Crippen LogP contribution in [0.1, 0.15) is 11.1 Å². The molecule has 0 atom stereocenters. The van der Waals surface area contributed by atoms with E-state index in [2.05, 4.69) is 10.3 Å². The van der Waals surface area contributed by atoms with E-state index < -0.39 is 6.09 Å². The van der Waals surface area contributed by atoms with Crippen LogP contribution in [0, 0.1) is 0 Å². The van der Waals surface area contributed by atoms with Gasteiger partial charge in [0.25, 0.3) is 0 Å². The van der Waals surface area contributed by atoms with Gasteiger partial charge >= 0.3 is 6.09 Å². The van der Waals surface area contributed by atoms with Crippen LogP contribution < -0.4 is 20.5 Å². The first kappa shape index (κ1) is 23.3. The van der Waals surface area contributed by atoms with Crippen LogP contribution in [0.4, 0.5) is 4.79 Å². The molecular weight excluding hydrogens is 450 g/mol. The van der Waals surface area contributed by atoms with E-state index in [1.54, 1.807) is 12.1 Å². The number of nitrogens with two attached hydrogens (primary N) is 1. The number of hydrogen-bond acceptors (Lipinski definition) is 6. The lowest BCUT2D eigenvalue weighted by atomic mass is 10.1. The fraction of sp³-hybridized carbons (Fsp3) is 0.115. The number of fused-ring (bicyclic) bond motifs is 1. The van der Waals surface area contributed by atoms with E-state index in [1.165, 1.54) is 18.9 Å². The molecular formula is C26H25N3O4S. The lowest BCUT2D eigenvalue weighted by Crippen LogP contribution is -2.16. The van der Waals surface area contributed by atoms with Crippen LogP contribution in [0.2, 0.25) is 0 Å². The van der Waals surface area contributed by atoms with E-state index in [1.807, 2.05) is 66.7 Å². The van der Waals surface area contributed by atoms with Crippen molar-refractivity contribution in [3.63, 3.8) is 0 Å². The molecule has 0 aliphatic carbocycles. The van der Waals surface area contributed by atoms with Crippen molar-refractivity contribution in [1.82, 2.24) is 10.3 Å². The molecule has 0 aliphatic rings. The largest absolute Gasteiger partial charge is 0.504 e. The Bertz CT molecular complexity index is 1320. The maximum absolute atomic E-state index is 11.4. The molecule has 174 valence electrons. The normalized spacial score (nSPS) is 11.2. The van der Waals surface area contributed by atoms with E-state index in [-0.39, 0.29) is 5.75 Å². The number of aromatic nitrogens is 1. The number of amides is 1. The quantitative estimate of drug-likeness (QED) is 0.245. The van der Waals surface area contributed by atoms with Gasteiger partial charge in [-0.1, -0.05) is 60.3 Å². The monoisotopic (exact) mass is 475 g/mol. The second-order valence-electron chi connectivity index (χ2n) is 7.46. The molecule has 7 nitrogen and oxygen atoms in total. The number of primary amides is 1. The Hall–Kier alpha value is -3.88. The predicted molar refractivity (Wildman–Crippen MR) is 134 cm³/mol. The van der Waals surface area contributed by atoms with Crippen LogP contribution in [0.15, 0.2) is 82.6 Å². The number of rotatable bonds is 9. The third-order valence-corrected chi connectivity index (χ3v) is 6.17. The van der Waals surface area contributed by atoms with Gasteiger partial charge in [-0.05, 0) is 41.5 Å². The molecule has 8 heteroatoms. The van der Waals surface area contributed by atoms with Gasteiger partial charge < -0.3 is 30.6 Å². The Morgan fingerprint density at radius 2 is 1.97 bits per heavy atom. The fourth-order valence-electron chi connectivity index (χ4n) is 3.48. The molecule has 0 fully saturated rings. The minimum Gasteiger partial charge on any atom is -0.504 e. The summed E-state index contributed by atoms with van der Waals surface area (Å²) in [6.45, 7) is 1.32. The first-order valence-corrected chi connectivity index (χ1v) is 11.4. The number of methoxy groups -OCH3 is 1. The highest BCUT2D eigenvalue weighted by Crippen LogP contribution is 2.41. The number of hydrogen-bond donors (Lipinski definition) is 4. The van der Waals surface area contributed by atoms with Crippen molar-refractivity contribution in [3.8, 4) is 17.4 Å². The molecule has 0 saturated carbocycles. The second kappa shape index (κ2) is 10.8. The number of carbonyl (C=O) groups is 1. The molecule has 1 heterocycles. The molecule has 5 N–H and O–H groups in total. The Labute approximate surface area is 201 Å². The van der Waals surface area contributed by atoms with E-state index in [9.17, 15) is 9.90 Å². The standard InChI is InChI=1S/C26H25N3O4S/c1-32-23-15-17(10-12-22(23)30)6-5-13-28-16-18-9-11-20-21(14-18)29-25(33-26(27)31)24(20)34-19-7-3-2-4-8-19/h2-12,14-15,28-30H,13,16H2,1H3,(H2,27,31). The molecule has 0 radical (unpaired) electrons. The van der Waals surface area contributed by atoms with Gasteiger partial charge in [-0.25, -0.2) is 4.79 Å². The number of phenols is 1. The molecule has 0 unspecified atom stereocenters. The average Bonchev–Trinajstić information content (AvgIpc) is 3.15. The highest BCUT2D eigenvalue weighted by atomic mass is 32.2. The summed E-state index contributed by atoms with van der Waals surface area (Å²) in [6.07, 6.45) is 3.11. The van der Waals surface area contributed by atoms with Crippen LogP contribution >= 0.6 is 11.8 Å². The Balaban J connectivity index is 1.44. The maximum Gasteiger partial charge on any atom is 0.411 e. The lowest BCUT2D eigenvalue weighted by molar-refractivity contribution is 0.208. The van der Waals surface area contributed by atoms with E-state index in [4.69, 9.17) is 15.2 Å². The van der Waals surface area contributed by atoms with Crippen LogP contribution in [-0.4, -0.2) is 29.8 Å². The first-order valence-electron chi connectivity index (χ1n) is 10.6. The molecule has 4 aromatic rings. The second-order valence-corrected chi connectivity index (χ2v) is 8.55. The van der Waals surface area contributed by atoms with Gasteiger partial charge in [0.15, 0.2) is 11.5 Å². The molecule has 4 rings (SSSR count). The highest BCUT2D eigenvalue weighted by Gasteiger charge is 2.16. The van der Waals surface area contributed by atoms with Crippen molar-refractivity contribution in [2.24, 2.45) is 5.73 Å². The molecule has 0 saturated heterocycles. The molecule has 0 aliphatic heterocycles. The van der Waals surface area contributed by atoms with Crippen molar-refractivity contribution < 1.29 is 19.4 Å². The van der Waals surface area contributed by atoms with E-state index in [0.29, 0.717) is 24.7 Å². The zero-order chi connectivity index (χ0) is 23.9. The number of phenolic OH excluding ortho intramolecular Hbond substituents is 1. The zero-order valence-corrected chi connectivity index (χ0v) is 19.4. The Kier molecular flexibility index (Phi) is 7.41. The maximum atomic E-state index is 11.4. The first-order chi connectivity index (χ1) is 16.5. The highest BCUT2D eigenvalue weighted by molar-refractivity contribution is 7.99. The van der Waals surface area contributed by atoms with Crippen LogP contribution in [0.25, 0.3) is 17.0 Å². The fourth-order valence-corrected chi connectivity index (χ4v) is 4.48. The van der Waals surface area contributed by atoms with Crippen molar-refractivity contribution >= 4 is 34.8 Å². The van der Waals surface area contributed by atoms with Gasteiger partial charge in [0.05, 0.1) is 12.0 Å². The third-order valence-electron chi connectivity index (χ3n) is 5.05. The minimum atomic E-state index is -0.860. The van der Waals surface area contributed by atoms with Gasteiger partial charge in [-0.3, -0.25) is 0 Å². The number of carbonyl (C=O) groups excluding carboxylic acids is 1. The minimum absolute atomic E-state index is 0.118. The smallest absolute Gasteiger partial charge is 0.411 e.